The zero-order valence-electron chi connectivity index (χ0n) is 12.0. The molecule has 2 fully saturated rings. The maximum absolute atomic E-state index is 11.6. The number of carbonyl (C=O) groups excluding carboxylic acids is 1. The smallest absolute Gasteiger partial charge is 0.127 e. The summed E-state index contributed by atoms with van der Waals surface area (Å²) in [5.41, 5.74) is -0.0943. The zero-order valence-corrected chi connectivity index (χ0v) is 12.0. The van der Waals surface area contributed by atoms with Crippen LogP contribution >= 0.6 is 0 Å². The van der Waals surface area contributed by atoms with E-state index in [1.807, 2.05) is 0 Å². The number of rotatable bonds is 3. The van der Waals surface area contributed by atoms with Crippen molar-refractivity contribution in [3.63, 3.8) is 0 Å². The summed E-state index contributed by atoms with van der Waals surface area (Å²) in [6.45, 7) is 9.29. The lowest BCUT2D eigenvalue weighted by molar-refractivity contribution is -0.123. The van der Waals surface area contributed by atoms with Crippen LogP contribution in [0.15, 0.2) is 0 Å². The fourth-order valence-corrected chi connectivity index (χ4v) is 3.59. The van der Waals surface area contributed by atoms with Crippen molar-refractivity contribution < 1.29 is 9.53 Å². The van der Waals surface area contributed by atoms with E-state index in [1.54, 1.807) is 0 Å². The molecule has 1 saturated heterocycles. The molecular formula is C15H27NO2. The Balaban J connectivity index is 2.02. The molecule has 0 aromatic carbocycles. The van der Waals surface area contributed by atoms with E-state index in [0.717, 1.165) is 32.5 Å². The molecule has 0 aromatic heterocycles. The highest BCUT2D eigenvalue weighted by molar-refractivity contribution is 5.60. The van der Waals surface area contributed by atoms with Crippen LogP contribution < -0.4 is 0 Å². The standard InChI is InChI=1S/C15H27NO2/c1-12-5-4-6-15(7-12,11-17)10-16-8-14(3)18-9-13(16)2/h11-14H,4-10H2,1-3H3. The van der Waals surface area contributed by atoms with Gasteiger partial charge in [0, 0.05) is 24.5 Å². The van der Waals surface area contributed by atoms with E-state index < -0.39 is 0 Å². The van der Waals surface area contributed by atoms with E-state index in [4.69, 9.17) is 4.74 Å². The van der Waals surface area contributed by atoms with Crippen LogP contribution in [0.1, 0.15) is 46.5 Å². The summed E-state index contributed by atoms with van der Waals surface area (Å²) in [7, 11) is 0. The summed E-state index contributed by atoms with van der Waals surface area (Å²) in [5, 5.41) is 0. The number of nitrogens with zero attached hydrogens (tertiary/aromatic N) is 1. The lowest BCUT2D eigenvalue weighted by atomic mass is 9.70. The van der Waals surface area contributed by atoms with Gasteiger partial charge in [0.2, 0.25) is 0 Å². The predicted octanol–water partition coefficient (Wildman–Crippen LogP) is 2.49. The molecule has 0 radical (unpaired) electrons. The van der Waals surface area contributed by atoms with Gasteiger partial charge in [-0.15, -0.1) is 0 Å². The van der Waals surface area contributed by atoms with Gasteiger partial charge in [-0.05, 0) is 32.6 Å². The summed E-state index contributed by atoms with van der Waals surface area (Å²) in [6.07, 6.45) is 6.16. The normalized spacial score (nSPS) is 42.7. The predicted molar refractivity (Wildman–Crippen MR) is 72.6 cm³/mol. The molecular weight excluding hydrogens is 226 g/mol. The summed E-state index contributed by atoms with van der Waals surface area (Å²) in [6, 6.07) is 0.440. The van der Waals surface area contributed by atoms with Gasteiger partial charge in [-0.3, -0.25) is 4.90 Å². The molecule has 104 valence electrons. The average Bonchev–Trinajstić information content (AvgIpc) is 2.34. The molecule has 4 atom stereocenters. The molecule has 18 heavy (non-hydrogen) atoms. The SMILES string of the molecule is CC1CCCC(C=O)(CN2CC(C)OCC2C)C1. The van der Waals surface area contributed by atoms with Crippen molar-refractivity contribution in [1.82, 2.24) is 4.90 Å². The third-order valence-corrected chi connectivity index (χ3v) is 4.63. The molecule has 4 unspecified atom stereocenters. The molecule has 0 N–H and O–H groups in total. The van der Waals surface area contributed by atoms with Gasteiger partial charge in [0.25, 0.3) is 0 Å². The average molecular weight is 253 g/mol. The molecule has 1 heterocycles. The molecule has 1 aliphatic carbocycles. The first-order chi connectivity index (χ1) is 8.54. The van der Waals surface area contributed by atoms with Crippen LogP contribution in [-0.2, 0) is 9.53 Å². The van der Waals surface area contributed by atoms with Crippen LogP contribution in [-0.4, -0.2) is 43.0 Å². The van der Waals surface area contributed by atoms with Gasteiger partial charge < -0.3 is 9.53 Å². The van der Waals surface area contributed by atoms with Crippen molar-refractivity contribution in [2.75, 3.05) is 19.7 Å². The van der Waals surface area contributed by atoms with Gasteiger partial charge in [0.05, 0.1) is 12.7 Å². The minimum Gasteiger partial charge on any atom is -0.376 e. The Labute approximate surface area is 111 Å². The largest absolute Gasteiger partial charge is 0.376 e. The van der Waals surface area contributed by atoms with Crippen LogP contribution in [0, 0.1) is 11.3 Å². The monoisotopic (exact) mass is 253 g/mol. The molecule has 0 spiro atoms. The summed E-state index contributed by atoms with van der Waals surface area (Å²) in [4.78, 5) is 14.1. The second-order valence-corrected chi connectivity index (χ2v) is 6.60. The Morgan fingerprint density at radius 2 is 2.17 bits per heavy atom. The Bertz CT molecular complexity index is 294. The van der Waals surface area contributed by atoms with E-state index in [-0.39, 0.29) is 5.41 Å². The highest BCUT2D eigenvalue weighted by atomic mass is 16.5. The van der Waals surface area contributed by atoms with Gasteiger partial charge in [-0.1, -0.05) is 19.8 Å². The molecule has 0 aromatic rings. The number of hydrogen-bond donors (Lipinski definition) is 0. The van der Waals surface area contributed by atoms with Crippen LogP contribution in [0.4, 0.5) is 0 Å². The molecule has 1 saturated carbocycles. The first kappa shape index (κ1) is 14.0. The van der Waals surface area contributed by atoms with E-state index >= 15 is 0 Å². The van der Waals surface area contributed by atoms with Gasteiger partial charge >= 0.3 is 0 Å². The number of ether oxygens (including phenoxy) is 1. The number of carbonyl (C=O) groups is 1. The molecule has 0 amide bonds. The second-order valence-electron chi connectivity index (χ2n) is 6.60. The third-order valence-electron chi connectivity index (χ3n) is 4.63. The van der Waals surface area contributed by atoms with Gasteiger partial charge in [0.1, 0.15) is 6.29 Å². The number of hydrogen-bond acceptors (Lipinski definition) is 3. The van der Waals surface area contributed by atoms with Gasteiger partial charge in [-0.2, -0.15) is 0 Å². The fourth-order valence-electron chi connectivity index (χ4n) is 3.59. The topological polar surface area (TPSA) is 29.5 Å². The highest BCUT2D eigenvalue weighted by Crippen LogP contribution is 2.39. The van der Waals surface area contributed by atoms with Crippen LogP contribution in [0.2, 0.25) is 0 Å². The summed E-state index contributed by atoms with van der Waals surface area (Å²) >= 11 is 0. The van der Waals surface area contributed by atoms with E-state index in [2.05, 4.69) is 25.7 Å². The van der Waals surface area contributed by atoms with Gasteiger partial charge in [0.15, 0.2) is 0 Å². The van der Waals surface area contributed by atoms with Crippen LogP contribution in [0.25, 0.3) is 0 Å². The van der Waals surface area contributed by atoms with Crippen LogP contribution in [0.3, 0.4) is 0 Å². The fraction of sp³-hybridized carbons (Fsp3) is 0.933. The molecule has 1 aliphatic heterocycles. The number of aldehydes is 1. The minimum atomic E-state index is -0.0943. The van der Waals surface area contributed by atoms with Crippen molar-refractivity contribution in [2.24, 2.45) is 11.3 Å². The molecule has 0 bridgehead atoms. The maximum atomic E-state index is 11.6. The van der Waals surface area contributed by atoms with Crippen molar-refractivity contribution in [1.29, 1.82) is 0 Å². The lowest BCUT2D eigenvalue weighted by Crippen LogP contribution is -2.52. The summed E-state index contributed by atoms with van der Waals surface area (Å²) < 4.78 is 5.67. The van der Waals surface area contributed by atoms with Crippen molar-refractivity contribution in [3.8, 4) is 0 Å². The molecule has 2 aliphatic rings. The van der Waals surface area contributed by atoms with Crippen molar-refractivity contribution in [2.45, 2.75) is 58.6 Å². The zero-order chi connectivity index (χ0) is 13.2. The van der Waals surface area contributed by atoms with Gasteiger partial charge in [-0.25, -0.2) is 0 Å². The van der Waals surface area contributed by atoms with Crippen molar-refractivity contribution in [3.05, 3.63) is 0 Å². The molecule has 3 nitrogen and oxygen atoms in total. The lowest BCUT2D eigenvalue weighted by Gasteiger charge is -2.44. The first-order valence-corrected chi connectivity index (χ1v) is 7.37. The quantitative estimate of drug-likeness (QED) is 0.724. The highest BCUT2D eigenvalue weighted by Gasteiger charge is 2.38. The molecule has 2 rings (SSSR count). The Kier molecular flexibility index (Phi) is 4.44. The number of morpholine rings is 1. The minimum absolute atomic E-state index is 0.0943. The van der Waals surface area contributed by atoms with Crippen molar-refractivity contribution >= 4 is 6.29 Å². The Morgan fingerprint density at radius 3 is 2.83 bits per heavy atom. The van der Waals surface area contributed by atoms with E-state index in [1.165, 1.54) is 19.1 Å². The third kappa shape index (κ3) is 3.12. The first-order valence-electron chi connectivity index (χ1n) is 7.37. The molecule has 3 heteroatoms. The van der Waals surface area contributed by atoms with Crippen LogP contribution in [0.5, 0.6) is 0 Å². The summed E-state index contributed by atoms with van der Waals surface area (Å²) in [5.74, 6) is 0.692. The van der Waals surface area contributed by atoms with E-state index in [9.17, 15) is 4.79 Å². The Hall–Kier alpha value is -0.410. The Morgan fingerprint density at radius 1 is 1.39 bits per heavy atom. The maximum Gasteiger partial charge on any atom is 0.127 e. The van der Waals surface area contributed by atoms with E-state index in [0.29, 0.717) is 18.1 Å². The second kappa shape index (κ2) is 5.70.